The first-order chi connectivity index (χ1) is 9.42. The van der Waals surface area contributed by atoms with Gasteiger partial charge < -0.3 is 17.0 Å². The molecule has 0 radical (unpaired) electrons. The molecule has 0 atom stereocenters. The lowest BCUT2D eigenvalue weighted by Crippen LogP contribution is -3.00. The molecular formula is C17H23BrN2. The molecule has 2 nitrogen and oxygen atoms in total. The van der Waals surface area contributed by atoms with Crippen molar-refractivity contribution in [1.29, 1.82) is 0 Å². The first kappa shape index (κ1) is 16.8. The lowest BCUT2D eigenvalue weighted by atomic mass is 10.1. The highest BCUT2D eigenvalue weighted by molar-refractivity contribution is 5.54. The summed E-state index contributed by atoms with van der Waals surface area (Å²) >= 11 is 0. The van der Waals surface area contributed by atoms with Gasteiger partial charge in [0.05, 0.1) is 0 Å². The van der Waals surface area contributed by atoms with Crippen LogP contribution in [0.5, 0.6) is 0 Å². The first-order valence-electron chi connectivity index (χ1n) is 7.30. The monoisotopic (exact) mass is 334 g/mol. The fraction of sp³-hybridized carbons (Fsp3) is 0.412. The molecule has 0 saturated carbocycles. The van der Waals surface area contributed by atoms with Gasteiger partial charge in [0.25, 0.3) is 0 Å². The third-order valence-electron chi connectivity index (χ3n) is 3.42. The summed E-state index contributed by atoms with van der Waals surface area (Å²) in [6, 6.07) is 10.5. The Morgan fingerprint density at radius 1 is 0.950 bits per heavy atom. The van der Waals surface area contributed by atoms with Gasteiger partial charge in [0.2, 0.25) is 5.69 Å². The molecular weight excluding hydrogens is 312 g/mol. The molecule has 0 aliphatic rings. The van der Waals surface area contributed by atoms with Crippen molar-refractivity contribution in [3.63, 3.8) is 0 Å². The second kappa shape index (κ2) is 9.65. The molecule has 0 spiro atoms. The quantitative estimate of drug-likeness (QED) is 0.545. The van der Waals surface area contributed by atoms with Crippen molar-refractivity contribution in [2.45, 2.75) is 45.6 Å². The number of hydrogen-bond donors (Lipinski definition) is 0. The molecule has 2 heterocycles. The van der Waals surface area contributed by atoms with Crippen LogP contribution in [0.4, 0.5) is 0 Å². The maximum atomic E-state index is 4.09. The molecule has 0 aliphatic carbocycles. The van der Waals surface area contributed by atoms with Crippen molar-refractivity contribution in [2.24, 2.45) is 0 Å². The maximum absolute atomic E-state index is 4.09. The third-order valence-corrected chi connectivity index (χ3v) is 3.42. The summed E-state index contributed by atoms with van der Waals surface area (Å²) < 4.78 is 2.35. The number of aromatic nitrogens is 2. The van der Waals surface area contributed by atoms with E-state index in [9.17, 15) is 0 Å². The Morgan fingerprint density at radius 2 is 1.70 bits per heavy atom. The summed E-state index contributed by atoms with van der Waals surface area (Å²) in [6.07, 6.45) is 12.5. The Bertz CT molecular complexity index is 485. The van der Waals surface area contributed by atoms with E-state index in [0.29, 0.717) is 0 Å². The second-order valence-corrected chi connectivity index (χ2v) is 4.93. The standard InChI is InChI=1S/C17H23N2.BrH/c1-2-3-4-5-7-14-19-15-8-6-9-17(19)16-10-12-18-13-11-16;/h6,8-13,15H,2-5,7,14H2,1H3;1H/q+1;/p-1. The van der Waals surface area contributed by atoms with Gasteiger partial charge in [-0.1, -0.05) is 26.2 Å². The van der Waals surface area contributed by atoms with E-state index in [1.54, 1.807) is 0 Å². The molecule has 0 amide bonds. The van der Waals surface area contributed by atoms with E-state index in [1.165, 1.54) is 43.4 Å². The molecule has 2 rings (SSSR count). The minimum Gasteiger partial charge on any atom is -1.00 e. The molecule has 0 bridgehead atoms. The number of halogens is 1. The highest BCUT2D eigenvalue weighted by Crippen LogP contribution is 2.13. The zero-order valence-corrected chi connectivity index (χ0v) is 13.7. The Balaban J connectivity index is 0.00000200. The summed E-state index contributed by atoms with van der Waals surface area (Å²) in [5.74, 6) is 0. The molecule has 0 aromatic carbocycles. The zero-order valence-electron chi connectivity index (χ0n) is 12.1. The number of hydrogen-bond acceptors (Lipinski definition) is 1. The van der Waals surface area contributed by atoms with Crippen molar-refractivity contribution < 1.29 is 21.5 Å². The Kier molecular flexibility index (Phi) is 8.12. The van der Waals surface area contributed by atoms with Crippen LogP contribution in [0.1, 0.15) is 39.0 Å². The minimum absolute atomic E-state index is 0. The summed E-state index contributed by atoms with van der Waals surface area (Å²) in [6.45, 7) is 3.36. The van der Waals surface area contributed by atoms with Crippen molar-refractivity contribution in [2.75, 3.05) is 0 Å². The molecule has 0 N–H and O–H groups in total. The van der Waals surface area contributed by atoms with Crippen LogP contribution in [0.15, 0.2) is 48.9 Å². The second-order valence-electron chi connectivity index (χ2n) is 4.93. The van der Waals surface area contributed by atoms with E-state index in [4.69, 9.17) is 0 Å². The van der Waals surface area contributed by atoms with Crippen molar-refractivity contribution in [3.8, 4) is 11.3 Å². The van der Waals surface area contributed by atoms with Crippen LogP contribution >= 0.6 is 0 Å². The minimum atomic E-state index is 0. The highest BCUT2D eigenvalue weighted by Gasteiger charge is 2.10. The normalized spacial score (nSPS) is 10.1. The van der Waals surface area contributed by atoms with Gasteiger partial charge in [-0.05, 0) is 24.6 Å². The fourth-order valence-corrected chi connectivity index (χ4v) is 2.34. The molecule has 0 unspecified atom stereocenters. The van der Waals surface area contributed by atoms with Crippen LogP contribution in [0.25, 0.3) is 11.3 Å². The van der Waals surface area contributed by atoms with E-state index in [0.717, 1.165) is 6.54 Å². The van der Waals surface area contributed by atoms with Gasteiger partial charge in [0.15, 0.2) is 6.20 Å². The molecule has 20 heavy (non-hydrogen) atoms. The van der Waals surface area contributed by atoms with Crippen LogP contribution in [0, 0.1) is 0 Å². The Hall–Kier alpha value is -1.22. The summed E-state index contributed by atoms with van der Waals surface area (Å²) in [5, 5.41) is 0. The van der Waals surface area contributed by atoms with Gasteiger partial charge in [-0.15, -0.1) is 0 Å². The zero-order chi connectivity index (χ0) is 13.3. The van der Waals surface area contributed by atoms with Gasteiger partial charge in [-0.3, -0.25) is 4.98 Å². The van der Waals surface area contributed by atoms with Gasteiger partial charge >= 0.3 is 0 Å². The van der Waals surface area contributed by atoms with E-state index in [1.807, 2.05) is 12.4 Å². The lowest BCUT2D eigenvalue weighted by molar-refractivity contribution is -0.686. The SMILES string of the molecule is CCCCCCC[n+]1ccccc1-c1ccncc1.[Br-]. The smallest absolute Gasteiger partial charge is 0.212 e. The molecule has 0 aliphatic heterocycles. The number of nitrogens with zero attached hydrogens (tertiary/aromatic N) is 2. The first-order valence-corrected chi connectivity index (χ1v) is 7.30. The van der Waals surface area contributed by atoms with Gasteiger partial charge in [0, 0.05) is 36.5 Å². The van der Waals surface area contributed by atoms with Crippen molar-refractivity contribution in [1.82, 2.24) is 4.98 Å². The predicted octanol–water partition coefficient (Wildman–Crippen LogP) is 1.01. The van der Waals surface area contributed by atoms with Crippen LogP contribution in [-0.2, 0) is 6.54 Å². The van der Waals surface area contributed by atoms with Crippen LogP contribution in [0.2, 0.25) is 0 Å². The average molecular weight is 335 g/mol. The van der Waals surface area contributed by atoms with Gasteiger partial charge in [-0.25, -0.2) is 0 Å². The average Bonchev–Trinajstić information content (AvgIpc) is 2.48. The van der Waals surface area contributed by atoms with Crippen LogP contribution in [0.3, 0.4) is 0 Å². The molecule has 3 heteroatoms. The van der Waals surface area contributed by atoms with Crippen molar-refractivity contribution in [3.05, 3.63) is 48.9 Å². The van der Waals surface area contributed by atoms with Crippen LogP contribution in [-0.4, -0.2) is 4.98 Å². The Morgan fingerprint density at radius 3 is 2.45 bits per heavy atom. The summed E-state index contributed by atoms with van der Waals surface area (Å²) in [5.41, 5.74) is 2.52. The molecule has 2 aromatic rings. The fourth-order valence-electron chi connectivity index (χ4n) is 2.34. The topological polar surface area (TPSA) is 16.8 Å². The number of rotatable bonds is 7. The van der Waals surface area contributed by atoms with Gasteiger partial charge in [0.1, 0.15) is 6.54 Å². The van der Waals surface area contributed by atoms with E-state index < -0.39 is 0 Å². The number of pyridine rings is 2. The maximum Gasteiger partial charge on any atom is 0.212 e. The highest BCUT2D eigenvalue weighted by atomic mass is 79.9. The number of aryl methyl sites for hydroxylation is 1. The molecule has 0 saturated heterocycles. The molecule has 0 fully saturated rings. The summed E-state index contributed by atoms with van der Waals surface area (Å²) in [4.78, 5) is 4.09. The van der Waals surface area contributed by atoms with E-state index in [2.05, 4.69) is 53.0 Å². The molecule has 108 valence electrons. The number of unbranched alkanes of at least 4 members (excludes halogenated alkanes) is 4. The largest absolute Gasteiger partial charge is 1.00 e. The predicted molar refractivity (Wildman–Crippen MR) is 78.6 cm³/mol. The van der Waals surface area contributed by atoms with Crippen LogP contribution < -0.4 is 21.5 Å². The molecule has 2 aromatic heterocycles. The van der Waals surface area contributed by atoms with E-state index in [-0.39, 0.29) is 17.0 Å². The van der Waals surface area contributed by atoms with E-state index >= 15 is 0 Å². The Labute approximate surface area is 132 Å². The lowest BCUT2D eigenvalue weighted by Gasteiger charge is -2.04. The van der Waals surface area contributed by atoms with Crippen molar-refractivity contribution >= 4 is 0 Å². The van der Waals surface area contributed by atoms with Gasteiger partial charge in [-0.2, -0.15) is 4.57 Å². The summed E-state index contributed by atoms with van der Waals surface area (Å²) in [7, 11) is 0. The third kappa shape index (κ3) is 5.04.